The fourth-order valence-electron chi connectivity index (χ4n) is 1.42. The summed E-state index contributed by atoms with van der Waals surface area (Å²) >= 11 is 0. The van der Waals surface area contributed by atoms with E-state index in [9.17, 15) is 4.79 Å². The number of nitriles is 1. The Morgan fingerprint density at radius 2 is 2.20 bits per heavy atom. The van der Waals surface area contributed by atoms with Crippen LogP contribution in [-0.2, 0) is 4.79 Å². The minimum absolute atomic E-state index is 0.150. The molecule has 3 heteroatoms. The standard InChI is InChI=1S/C12H13NO2/c1-8-4-5-10(6-12(8)15-3)11(7-13)9(2)14/h4-6,11H,1-3H3. The van der Waals surface area contributed by atoms with Crippen LogP contribution in [0.4, 0.5) is 0 Å². The number of methoxy groups -OCH3 is 1. The Bertz CT molecular complexity index is 418. The Morgan fingerprint density at radius 3 is 2.67 bits per heavy atom. The Balaban J connectivity index is 3.16. The molecule has 15 heavy (non-hydrogen) atoms. The molecule has 3 nitrogen and oxygen atoms in total. The van der Waals surface area contributed by atoms with Gasteiger partial charge in [-0.25, -0.2) is 0 Å². The number of rotatable bonds is 3. The van der Waals surface area contributed by atoms with Gasteiger partial charge in [0.2, 0.25) is 0 Å². The van der Waals surface area contributed by atoms with Gasteiger partial charge in [-0.3, -0.25) is 4.79 Å². The van der Waals surface area contributed by atoms with Gasteiger partial charge in [0.05, 0.1) is 13.2 Å². The van der Waals surface area contributed by atoms with Crippen LogP contribution in [0.25, 0.3) is 0 Å². The normalized spacial score (nSPS) is 11.6. The molecule has 0 heterocycles. The zero-order chi connectivity index (χ0) is 11.4. The van der Waals surface area contributed by atoms with E-state index < -0.39 is 5.92 Å². The highest BCUT2D eigenvalue weighted by molar-refractivity contribution is 5.86. The zero-order valence-electron chi connectivity index (χ0n) is 9.07. The van der Waals surface area contributed by atoms with Crippen molar-refractivity contribution >= 4 is 5.78 Å². The highest BCUT2D eigenvalue weighted by Gasteiger charge is 2.16. The third-order valence-corrected chi connectivity index (χ3v) is 2.30. The summed E-state index contributed by atoms with van der Waals surface area (Å²) in [5.74, 6) is -0.142. The second-order valence-corrected chi connectivity index (χ2v) is 3.40. The molecule has 0 aliphatic heterocycles. The SMILES string of the molecule is COc1cc(C(C#N)C(C)=O)ccc1C. The van der Waals surface area contributed by atoms with E-state index in [-0.39, 0.29) is 5.78 Å². The largest absolute Gasteiger partial charge is 0.496 e. The molecule has 1 aromatic rings. The number of ether oxygens (including phenoxy) is 1. The van der Waals surface area contributed by atoms with Crippen LogP contribution in [-0.4, -0.2) is 12.9 Å². The molecule has 0 amide bonds. The lowest BCUT2D eigenvalue weighted by Crippen LogP contribution is -2.06. The molecule has 1 atom stereocenters. The zero-order valence-corrected chi connectivity index (χ0v) is 9.07. The molecular weight excluding hydrogens is 190 g/mol. The Labute approximate surface area is 89.3 Å². The molecule has 0 aromatic heterocycles. The Kier molecular flexibility index (Phi) is 3.46. The molecule has 1 rings (SSSR count). The van der Waals surface area contributed by atoms with Crippen LogP contribution in [0.15, 0.2) is 18.2 Å². The molecule has 0 saturated carbocycles. The number of benzene rings is 1. The van der Waals surface area contributed by atoms with Crippen LogP contribution in [0.5, 0.6) is 5.75 Å². The third-order valence-electron chi connectivity index (χ3n) is 2.30. The molecule has 0 N–H and O–H groups in total. The molecule has 0 aliphatic rings. The molecule has 0 fully saturated rings. The number of carbonyl (C=O) groups is 1. The van der Waals surface area contributed by atoms with E-state index in [0.29, 0.717) is 11.3 Å². The van der Waals surface area contributed by atoms with Crippen molar-refractivity contribution in [3.63, 3.8) is 0 Å². The maximum absolute atomic E-state index is 11.2. The molecule has 0 aliphatic carbocycles. The van der Waals surface area contributed by atoms with Gasteiger partial charge >= 0.3 is 0 Å². The van der Waals surface area contributed by atoms with E-state index in [1.165, 1.54) is 6.92 Å². The van der Waals surface area contributed by atoms with Crippen molar-refractivity contribution in [3.05, 3.63) is 29.3 Å². The molecule has 78 valence electrons. The van der Waals surface area contributed by atoms with Crippen molar-refractivity contribution < 1.29 is 9.53 Å². The number of Topliss-reactive ketones (excluding diaryl/α,β-unsaturated/α-hetero) is 1. The number of hydrogen-bond acceptors (Lipinski definition) is 3. The van der Waals surface area contributed by atoms with Gasteiger partial charge in [0, 0.05) is 0 Å². The molecule has 0 spiro atoms. The van der Waals surface area contributed by atoms with Crippen LogP contribution in [0.1, 0.15) is 24.0 Å². The summed E-state index contributed by atoms with van der Waals surface area (Å²) in [6.07, 6.45) is 0. The van der Waals surface area contributed by atoms with Crippen LogP contribution in [0.2, 0.25) is 0 Å². The Morgan fingerprint density at radius 1 is 1.53 bits per heavy atom. The van der Waals surface area contributed by atoms with Gasteiger partial charge in [0.25, 0.3) is 0 Å². The van der Waals surface area contributed by atoms with E-state index in [1.54, 1.807) is 19.2 Å². The minimum atomic E-state index is -0.695. The smallest absolute Gasteiger partial charge is 0.151 e. The first-order chi connectivity index (χ1) is 7.10. The van der Waals surface area contributed by atoms with E-state index in [0.717, 1.165) is 5.56 Å². The van der Waals surface area contributed by atoms with Crippen LogP contribution in [0, 0.1) is 18.3 Å². The number of hydrogen-bond donors (Lipinski definition) is 0. The quantitative estimate of drug-likeness (QED) is 0.756. The van der Waals surface area contributed by atoms with Crippen molar-refractivity contribution in [2.75, 3.05) is 7.11 Å². The summed E-state index contributed by atoms with van der Waals surface area (Å²) < 4.78 is 5.14. The first kappa shape index (κ1) is 11.3. The van der Waals surface area contributed by atoms with Crippen molar-refractivity contribution in [3.8, 4) is 11.8 Å². The molecule has 0 radical (unpaired) electrons. The second kappa shape index (κ2) is 4.61. The van der Waals surface area contributed by atoms with E-state index in [4.69, 9.17) is 10.00 Å². The molecule has 0 bridgehead atoms. The predicted molar refractivity (Wildman–Crippen MR) is 56.8 cm³/mol. The lowest BCUT2D eigenvalue weighted by atomic mass is 9.96. The first-order valence-electron chi connectivity index (χ1n) is 4.64. The highest BCUT2D eigenvalue weighted by Crippen LogP contribution is 2.24. The fraction of sp³-hybridized carbons (Fsp3) is 0.333. The highest BCUT2D eigenvalue weighted by atomic mass is 16.5. The maximum Gasteiger partial charge on any atom is 0.151 e. The molecule has 1 unspecified atom stereocenters. The van der Waals surface area contributed by atoms with Gasteiger partial charge in [0.1, 0.15) is 11.7 Å². The summed E-state index contributed by atoms with van der Waals surface area (Å²) in [4.78, 5) is 11.2. The van der Waals surface area contributed by atoms with Crippen molar-refractivity contribution in [2.45, 2.75) is 19.8 Å². The summed E-state index contributed by atoms with van der Waals surface area (Å²) in [5, 5.41) is 8.87. The second-order valence-electron chi connectivity index (χ2n) is 3.40. The lowest BCUT2D eigenvalue weighted by molar-refractivity contribution is -0.117. The monoisotopic (exact) mass is 203 g/mol. The molecule has 0 saturated heterocycles. The topological polar surface area (TPSA) is 50.1 Å². The number of ketones is 1. The molecular formula is C12H13NO2. The summed E-state index contributed by atoms with van der Waals surface area (Å²) in [6, 6.07) is 7.36. The number of carbonyl (C=O) groups excluding carboxylic acids is 1. The Hall–Kier alpha value is -1.82. The van der Waals surface area contributed by atoms with E-state index in [1.807, 2.05) is 19.1 Å². The van der Waals surface area contributed by atoms with Crippen molar-refractivity contribution in [1.29, 1.82) is 5.26 Å². The van der Waals surface area contributed by atoms with Gasteiger partial charge < -0.3 is 4.74 Å². The third kappa shape index (κ3) is 2.35. The summed E-state index contributed by atoms with van der Waals surface area (Å²) in [5.41, 5.74) is 1.67. The average Bonchev–Trinajstić information content (AvgIpc) is 2.21. The predicted octanol–water partition coefficient (Wildman–Crippen LogP) is 2.20. The van der Waals surface area contributed by atoms with Gasteiger partial charge in [0.15, 0.2) is 5.78 Å². The van der Waals surface area contributed by atoms with Crippen LogP contribution >= 0.6 is 0 Å². The molecule has 1 aromatic carbocycles. The summed E-state index contributed by atoms with van der Waals surface area (Å²) in [6.45, 7) is 3.33. The van der Waals surface area contributed by atoms with E-state index in [2.05, 4.69) is 0 Å². The van der Waals surface area contributed by atoms with Gasteiger partial charge in [-0.2, -0.15) is 5.26 Å². The van der Waals surface area contributed by atoms with Crippen LogP contribution < -0.4 is 4.74 Å². The minimum Gasteiger partial charge on any atom is -0.496 e. The van der Waals surface area contributed by atoms with Gasteiger partial charge in [-0.05, 0) is 31.0 Å². The van der Waals surface area contributed by atoms with Crippen molar-refractivity contribution in [1.82, 2.24) is 0 Å². The summed E-state index contributed by atoms with van der Waals surface area (Å²) in [7, 11) is 1.57. The van der Waals surface area contributed by atoms with Gasteiger partial charge in [-0.1, -0.05) is 12.1 Å². The number of aryl methyl sites for hydroxylation is 1. The van der Waals surface area contributed by atoms with Gasteiger partial charge in [-0.15, -0.1) is 0 Å². The fourth-order valence-corrected chi connectivity index (χ4v) is 1.42. The number of nitrogens with zero attached hydrogens (tertiary/aromatic N) is 1. The van der Waals surface area contributed by atoms with E-state index >= 15 is 0 Å². The first-order valence-corrected chi connectivity index (χ1v) is 4.64. The van der Waals surface area contributed by atoms with Crippen LogP contribution in [0.3, 0.4) is 0 Å². The lowest BCUT2D eigenvalue weighted by Gasteiger charge is -2.09. The van der Waals surface area contributed by atoms with Crippen molar-refractivity contribution in [2.24, 2.45) is 0 Å². The average molecular weight is 203 g/mol. The maximum atomic E-state index is 11.2.